The molecule has 1 aliphatic rings. The Morgan fingerprint density at radius 2 is 1.83 bits per heavy atom. The predicted octanol–water partition coefficient (Wildman–Crippen LogP) is 2.02. The van der Waals surface area contributed by atoms with Crippen molar-refractivity contribution in [3.63, 3.8) is 0 Å². The van der Waals surface area contributed by atoms with Gasteiger partial charge in [-0.25, -0.2) is 0 Å². The number of likely N-dealkylation sites (tertiary alicyclic amines) is 1. The molecule has 0 aromatic carbocycles. The molecule has 0 saturated carbocycles. The van der Waals surface area contributed by atoms with E-state index in [0.717, 1.165) is 12.8 Å². The maximum Gasteiger partial charge on any atom is 0.205 e. The number of carbonyl (C=O) groups is 2. The summed E-state index contributed by atoms with van der Waals surface area (Å²) >= 11 is 0. The first-order chi connectivity index (χ1) is 7.45. The van der Waals surface area contributed by atoms with Crippen molar-refractivity contribution in [2.45, 2.75) is 45.2 Å². The van der Waals surface area contributed by atoms with Crippen LogP contribution in [-0.4, -0.2) is 35.3 Å². The second kappa shape index (κ2) is 9.57. The van der Waals surface area contributed by atoms with Gasteiger partial charge >= 0.3 is 0 Å². The van der Waals surface area contributed by atoms with Crippen LogP contribution in [0.5, 0.6) is 0 Å². The Hall–Kier alpha value is 0.692. The zero-order valence-corrected chi connectivity index (χ0v) is 16.6. The molecule has 7 heteroatoms. The zero-order valence-electron chi connectivity index (χ0n) is 10.8. The van der Waals surface area contributed by atoms with Crippen molar-refractivity contribution in [2.75, 3.05) is 6.54 Å². The molecule has 0 bridgehead atoms. The fraction of sp³-hybridized carbons (Fsp3) is 0.818. The van der Waals surface area contributed by atoms with Crippen molar-refractivity contribution in [1.82, 2.24) is 4.90 Å². The zero-order chi connectivity index (χ0) is 12.3. The van der Waals surface area contributed by atoms with E-state index in [1.54, 1.807) is 0 Å². The van der Waals surface area contributed by atoms with Gasteiger partial charge in [-0.05, 0) is 19.3 Å². The summed E-state index contributed by atoms with van der Waals surface area (Å²) in [6, 6.07) is -1.44. The van der Waals surface area contributed by atoms with Crippen molar-refractivity contribution in [2.24, 2.45) is 5.92 Å². The Kier molecular flexibility index (Phi) is 11.2. The van der Waals surface area contributed by atoms with E-state index in [0.29, 0.717) is 13.0 Å². The van der Waals surface area contributed by atoms with Gasteiger partial charge in [-0.15, -0.1) is 0 Å². The van der Waals surface area contributed by atoms with Crippen LogP contribution in [-0.2, 0) is 63.4 Å². The van der Waals surface area contributed by atoms with Crippen LogP contribution in [0.4, 0.5) is 0 Å². The normalized spacial score (nSPS) is 20.7. The number of rotatable bonds is 3. The minimum Gasteiger partial charge on any atom is -0.667 e. The van der Waals surface area contributed by atoms with Crippen LogP contribution < -0.4 is 0 Å². The van der Waals surface area contributed by atoms with E-state index in [2.05, 4.69) is 0 Å². The van der Waals surface area contributed by atoms with Gasteiger partial charge in [0.25, 0.3) is 0 Å². The van der Waals surface area contributed by atoms with Gasteiger partial charge in [-0.2, -0.15) is 0 Å². The van der Waals surface area contributed by atoms with Crippen molar-refractivity contribution in [3.8, 4) is 0 Å². The van der Waals surface area contributed by atoms with Crippen LogP contribution in [0.1, 0.15) is 33.1 Å². The maximum absolute atomic E-state index is 12.0. The number of piperidine rings is 1. The summed E-state index contributed by atoms with van der Waals surface area (Å²) in [4.78, 5) is 24.5. The monoisotopic (exact) mass is 498 g/mol. The fourth-order valence-corrected chi connectivity index (χ4v) is 1.93. The van der Waals surface area contributed by atoms with E-state index in [-0.39, 0.29) is 65.6 Å². The van der Waals surface area contributed by atoms with Crippen molar-refractivity contribution in [1.29, 1.82) is 0 Å². The Morgan fingerprint density at radius 3 is 2.28 bits per heavy atom. The van der Waals surface area contributed by atoms with Crippen molar-refractivity contribution in [3.05, 3.63) is 11.5 Å². The van der Waals surface area contributed by atoms with Gasteiger partial charge in [0.1, 0.15) is 0 Å². The standard InChI is InChI=1S/C11H20N3O2.W.Y/c1-7(2)9(12)11(16)14-6-4-3-5-8(14)10(13)15;;/h7-9,12H,3-6H2,1-2H3,(H2,13,15);;/q-1;;/p-1/t8?,9-;;/m0../s1. The molecule has 1 fully saturated rings. The molecule has 2 atom stereocenters. The van der Waals surface area contributed by atoms with Crippen LogP contribution >= 0.6 is 0 Å². The smallest absolute Gasteiger partial charge is 0.205 e. The number of nitrogens with zero attached hydrogens (tertiary/aromatic N) is 1. The average Bonchev–Trinajstić information content (AvgIpc) is 2.26. The fourth-order valence-electron chi connectivity index (χ4n) is 1.93. The van der Waals surface area contributed by atoms with E-state index in [1.165, 1.54) is 4.90 Å². The molecular weight excluding hydrogens is 479 g/mol. The summed E-state index contributed by atoms with van der Waals surface area (Å²) in [6.45, 7) is 4.14. The van der Waals surface area contributed by atoms with Gasteiger partial charge in [0.2, 0.25) is 5.91 Å². The molecule has 1 unspecified atom stereocenters. The molecular formula is C11H19N3O2WY-2. The molecule has 101 valence electrons. The molecule has 1 aliphatic heterocycles. The van der Waals surface area contributed by atoms with Gasteiger partial charge in [0.15, 0.2) is 0 Å². The molecule has 1 radical (unpaired) electrons. The van der Waals surface area contributed by atoms with Crippen LogP contribution in [0.3, 0.4) is 0 Å². The Morgan fingerprint density at radius 1 is 1.28 bits per heavy atom. The largest absolute Gasteiger partial charge is 0.667 e. The SMILES string of the molecule is CC(C)[C@H]([NH-])C(=O)N1CCCCC1C([NH-])=O.[W].[Y]. The molecule has 2 N–H and O–H groups in total. The Labute approximate surface area is 148 Å². The maximum atomic E-state index is 12.0. The van der Waals surface area contributed by atoms with Gasteiger partial charge < -0.3 is 21.2 Å². The number of nitrogens with one attached hydrogen (secondary N) is 2. The van der Waals surface area contributed by atoms with E-state index in [9.17, 15) is 9.59 Å². The first-order valence-corrected chi connectivity index (χ1v) is 5.72. The molecule has 0 aromatic heterocycles. The van der Waals surface area contributed by atoms with Crippen LogP contribution in [0.25, 0.3) is 11.5 Å². The molecule has 18 heavy (non-hydrogen) atoms. The molecule has 0 aromatic rings. The third-order valence-electron chi connectivity index (χ3n) is 3.02. The molecule has 2 amide bonds. The molecule has 0 aliphatic carbocycles. The average molecular weight is 498 g/mol. The molecule has 1 saturated heterocycles. The Balaban J connectivity index is 0. The minimum absolute atomic E-state index is 0. The number of hydrogen-bond acceptors (Lipinski definition) is 2. The van der Waals surface area contributed by atoms with Gasteiger partial charge in [-0.1, -0.05) is 25.8 Å². The van der Waals surface area contributed by atoms with Crippen LogP contribution in [0.2, 0.25) is 0 Å². The predicted molar refractivity (Wildman–Crippen MR) is 61.6 cm³/mol. The van der Waals surface area contributed by atoms with E-state index in [4.69, 9.17) is 11.5 Å². The van der Waals surface area contributed by atoms with Gasteiger partial charge in [-0.3, -0.25) is 4.79 Å². The summed E-state index contributed by atoms with van der Waals surface area (Å²) in [6.07, 6.45) is 2.31. The third-order valence-corrected chi connectivity index (χ3v) is 3.02. The van der Waals surface area contributed by atoms with Crippen LogP contribution in [0.15, 0.2) is 0 Å². The van der Waals surface area contributed by atoms with Gasteiger partial charge in [0.05, 0.1) is 11.9 Å². The summed E-state index contributed by atoms with van der Waals surface area (Å²) in [5, 5.41) is 0. The van der Waals surface area contributed by atoms with E-state index >= 15 is 0 Å². The quantitative estimate of drug-likeness (QED) is 0.597. The van der Waals surface area contributed by atoms with E-state index in [1.807, 2.05) is 13.8 Å². The second-order valence-corrected chi connectivity index (χ2v) is 4.63. The molecule has 1 rings (SSSR count). The van der Waals surface area contributed by atoms with E-state index < -0.39 is 18.0 Å². The number of amides is 2. The summed E-state index contributed by atoms with van der Waals surface area (Å²) in [5.41, 5.74) is 14.9. The van der Waals surface area contributed by atoms with Crippen molar-refractivity contribution >= 4 is 11.8 Å². The second-order valence-electron chi connectivity index (χ2n) is 4.63. The molecule has 1 heterocycles. The number of carbonyl (C=O) groups excluding carboxylic acids is 2. The van der Waals surface area contributed by atoms with Gasteiger partial charge in [0, 0.05) is 60.3 Å². The first kappa shape index (κ1) is 21.0. The van der Waals surface area contributed by atoms with Crippen LogP contribution in [0, 0.1) is 5.92 Å². The first-order valence-electron chi connectivity index (χ1n) is 5.72. The number of hydrogen-bond donors (Lipinski definition) is 0. The summed E-state index contributed by atoms with van der Waals surface area (Å²) < 4.78 is 0. The molecule has 0 spiro atoms. The van der Waals surface area contributed by atoms with Crippen molar-refractivity contribution < 1.29 is 63.4 Å². The molecule has 5 nitrogen and oxygen atoms in total. The summed E-state index contributed by atoms with van der Waals surface area (Å²) in [7, 11) is 0. The third kappa shape index (κ3) is 5.36. The summed E-state index contributed by atoms with van der Waals surface area (Å²) in [5.74, 6) is -1.07. The Bertz CT molecular complexity index is 289. The minimum atomic E-state index is -0.819. The topological polar surface area (TPSA) is 85.0 Å².